The highest BCUT2D eigenvalue weighted by Crippen LogP contribution is 2.19. The van der Waals surface area contributed by atoms with Crippen LogP contribution in [0.5, 0.6) is 0 Å². The lowest BCUT2D eigenvalue weighted by Gasteiger charge is -2.31. The van der Waals surface area contributed by atoms with E-state index in [0.717, 1.165) is 26.1 Å². The monoisotopic (exact) mass is 295 g/mol. The molecule has 0 radical (unpaired) electrons. The minimum Gasteiger partial charge on any atom is -0.315 e. The summed E-state index contributed by atoms with van der Waals surface area (Å²) in [6.07, 6.45) is 12.4. The molecular formula is C19H25N3. The molecule has 3 heteroatoms. The molecule has 116 valence electrons. The van der Waals surface area contributed by atoms with E-state index in [2.05, 4.69) is 53.9 Å². The van der Waals surface area contributed by atoms with E-state index in [4.69, 9.17) is 5.84 Å². The Morgan fingerprint density at radius 1 is 1.23 bits per heavy atom. The summed E-state index contributed by atoms with van der Waals surface area (Å²) in [5.74, 6) is 6.24. The molecule has 1 aliphatic heterocycles. The summed E-state index contributed by atoms with van der Waals surface area (Å²) in [7, 11) is 0. The van der Waals surface area contributed by atoms with Crippen molar-refractivity contribution in [1.29, 1.82) is 0 Å². The van der Waals surface area contributed by atoms with Gasteiger partial charge in [0.1, 0.15) is 0 Å². The van der Waals surface area contributed by atoms with Crippen molar-refractivity contribution >= 4 is 6.08 Å². The summed E-state index contributed by atoms with van der Waals surface area (Å²) >= 11 is 0. The third-order valence-corrected chi connectivity index (χ3v) is 4.37. The van der Waals surface area contributed by atoms with E-state index in [9.17, 15) is 0 Å². The SMILES string of the molecule is NN(CC1=CCC(=Cc2ccccc2)C=C1)C1CCCNC1. The van der Waals surface area contributed by atoms with Crippen molar-refractivity contribution in [3.05, 3.63) is 65.3 Å². The number of hydrogen-bond donors (Lipinski definition) is 2. The molecule has 3 rings (SSSR count). The lowest BCUT2D eigenvalue weighted by atomic mass is 9.99. The fourth-order valence-electron chi connectivity index (χ4n) is 3.04. The Labute approximate surface area is 133 Å². The van der Waals surface area contributed by atoms with Gasteiger partial charge in [-0.25, -0.2) is 5.01 Å². The van der Waals surface area contributed by atoms with Gasteiger partial charge in [-0.2, -0.15) is 0 Å². The zero-order valence-corrected chi connectivity index (χ0v) is 13.0. The molecule has 1 fully saturated rings. The fraction of sp³-hybridized carbons (Fsp3) is 0.368. The number of hydrogen-bond acceptors (Lipinski definition) is 3. The highest BCUT2D eigenvalue weighted by molar-refractivity contribution is 5.58. The number of hydrazine groups is 1. The molecule has 1 heterocycles. The van der Waals surface area contributed by atoms with Crippen molar-refractivity contribution in [1.82, 2.24) is 10.3 Å². The van der Waals surface area contributed by atoms with Crippen LogP contribution in [0, 0.1) is 0 Å². The molecule has 22 heavy (non-hydrogen) atoms. The van der Waals surface area contributed by atoms with Crippen molar-refractivity contribution in [2.75, 3.05) is 19.6 Å². The Hall–Kier alpha value is -1.68. The lowest BCUT2D eigenvalue weighted by Crippen LogP contribution is -2.50. The first-order valence-electron chi connectivity index (χ1n) is 8.16. The van der Waals surface area contributed by atoms with Crippen molar-refractivity contribution in [3.63, 3.8) is 0 Å². The van der Waals surface area contributed by atoms with Gasteiger partial charge in [0.15, 0.2) is 0 Å². The Kier molecular flexibility index (Phi) is 5.22. The summed E-state index contributed by atoms with van der Waals surface area (Å²) < 4.78 is 0. The number of nitrogens with one attached hydrogen (secondary N) is 1. The average Bonchev–Trinajstić information content (AvgIpc) is 2.58. The van der Waals surface area contributed by atoms with Crippen molar-refractivity contribution in [2.24, 2.45) is 5.84 Å². The summed E-state index contributed by atoms with van der Waals surface area (Å²) in [5, 5.41) is 5.41. The van der Waals surface area contributed by atoms with Crippen LogP contribution in [-0.4, -0.2) is 30.7 Å². The molecule has 1 aliphatic carbocycles. The van der Waals surface area contributed by atoms with Crippen LogP contribution in [0.1, 0.15) is 24.8 Å². The van der Waals surface area contributed by atoms with Gasteiger partial charge in [0.25, 0.3) is 0 Å². The molecule has 2 aliphatic rings. The first kappa shape index (κ1) is 15.2. The third kappa shape index (κ3) is 4.17. The minimum atomic E-state index is 0.462. The highest BCUT2D eigenvalue weighted by atomic mass is 15.4. The molecule has 1 unspecified atom stereocenters. The second kappa shape index (κ2) is 7.54. The maximum absolute atomic E-state index is 6.24. The normalized spacial score (nSPS) is 23.8. The van der Waals surface area contributed by atoms with Gasteiger partial charge in [0, 0.05) is 19.1 Å². The minimum absolute atomic E-state index is 0.462. The lowest BCUT2D eigenvalue weighted by molar-refractivity contribution is 0.183. The summed E-state index contributed by atoms with van der Waals surface area (Å²) in [4.78, 5) is 0. The number of benzene rings is 1. The van der Waals surface area contributed by atoms with Gasteiger partial charge in [-0.3, -0.25) is 5.84 Å². The van der Waals surface area contributed by atoms with Crippen molar-refractivity contribution in [3.8, 4) is 0 Å². The van der Waals surface area contributed by atoms with E-state index in [1.807, 2.05) is 11.1 Å². The van der Waals surface area contributed by atoms with Crippen LogP contribution < -0.4 is 11.2 Å². The molecule has 0 saturated carbocycles. The molecule has 1 atom stereocenters. The molecule has 0 amide bonds. The smallest absolute Gasteiger partial charge is 0.0380 e. The van der Waals surface area contributed by atoms with Crippen LogP contribution in [-0.2, 0) is 0 Å². The molecule has 0 bridgehead atoms. The number of rotatable bonds is 4. The van der Waals surface area contributed by atoms with E-state index in [1.165, 1.54) is 29.6 Å². The van der Waals surface area contributed by atoms with E-state index >= 15 is 0 Å². The maximum Gasteiger partial charge on any atom is 0.0380 e. The predicted octanol–water partition coefficient (Wildman–Crippen LogP) is 2.88. The van der Waals surface area contributed by atoms with E-state index in [0.29, 0.717) is 6.04 Å². The number of piperidine rings is 1. The van der Waals surface area contributed by atoms with E-state index in [-0.39, 0.29) is 0 Å². The molecule has 1 saturated heterocycles. The average molecular weight is 295 g/mol. The largest absolute Gasteiger partial charge is 0.315 e. The standard InChI is InChI=1S/C19H25N3/c20-22(19-7-4-12-21-14-19)15-18-10-8-17(9-11-18)13-16-5-2-1-3-6-16/h1-3,5-6,8,10-11,13,19,21H,4,7,9,12,14-15,20H2. The van der Waals surface area contributed by atoms with Crippen LogP contribution in [0.25, 0.3) is 6.08 Å². The first-order valence-corrected chi connectivity index (χ1v) is 8.16. The molecule has 3 N–H and O–H groups in total. The number of nitrogens with two attached hydrogens (primary N) is 1. The zero-order chi connectivity index (χ0) is 15.2. The molecule has 3 nitrogen and oxygen atoms in total. The predicted molar refractivity (Wildman–Crippen MR) is 93.0 cm³/mol. The summed E-state index contributed by atoms with van der Waals surface area (Å²) in [5.41, 5.74) is 3.92. The molecule has 0 aromatic heterocycles. The second-order valence-corrected chi connectivity index (χ2v) is 6.12. The first-order chi connectivity index (χ1) is 10.8. The Morgan fingerprint density at radius 2 is 2.09 bits per heavy atom. The van der Waals surface area contributed by atoms with Gasteiger partial charge < -0.3 is 5.32 Å². The second-order valence-electron chi connectivity index (χ2n) is 6.12. The Bertz CT molecular complexity index is 566. The van der Waals surface area contributed by atoms with Gasteiger partial charge in [-0.05, 0) is 42.5 Å². The Morgan fingerprint density at radius 3 is 2.77 bits per heavy atom. The summed E-state index contributed by atoms with van der Waals surface area (Å²) in [6.45, 7) is 2.97. The van der Waals surface area contributed by atoms with Gasteiger partial charge in [0.05, 0.1) is 0 Å². The van der Waals surface area contributed by atoms with Crippen molar-refractivity contribution in [2.45, 2.75) is 25.3 Å². The fourth-order valence-corrected chi connectivity index (χ4v) is 3.04. The van der Waals surface area contributed by atoms with Crippen LogP contribution in [0.4, 0.5) is 0 Å². The van der Waals surface area contributed by atoms with Gasteiger partial charge in [-0.15, -0.1) is 0 Å². The molecule has 1 aromatic rings. The van der Waals surface area contributed by atoms with E-state index < -0.39 is 0 Å². The molecule has 1 aromatic carbocycles. The van der Waals surface area contributed by atoms with Gasteiger partial charge in [0.2, 0.25) is 0 Å². The van der Waals surface area contributed by atoms with Crippen LogP contribution in [0.2, 0.25) is 0 Å². The van der Waals surface area contributed by atoms with Crippen molar-refractivity contribution < 1.29 is 0 Å². The van der Waals surface area contributed by atoms with Gasteiger partial charge >= 0.3 is 0 Å². The third-order valence-electron chi connectivity index (χ3n) is 4.37. The molecule has 0 spiro atoms. The molecular weight excluding hydrogens is 270 g/mol. The quantitative estimate of drug-likeness (QED) is 0.663. The maximum atomic E-state index is 6.24. The van der Waals surface area contributed by atoms with Crippen LogP contribution in [0.3, 0.4) is 0 Å². The van der Waals surface area contributed by atoms with Crippen LogP contribution in [0.15, 0.2) is 59.7 Å². The van der Waals surface area contributed by atoms with Gasteiger partial charge in [-0.1, -0.05) is 54.6 Å². The highest BCUT2D eigenvalue weighted by Gasteiger charge is 2.18. The van der Waals surface area contributed by atoms with E-state index in [1.54, 1.807) is 0 Å². The zero-order valence-electron chi connectivity index (χ0n) is 13.0. The number of allylic oxidation sites excluding steroid dienone is 3. The summed E-state index contributed by atoms with van der Waals surface area (Å²) in [6, 6.07) is 10.9. The number of nitrogens with zero attached hydrogens (tertiary/aromatic N) is 1. The Balaban J connectivity index is 1.55. The topological polar surface area (TPSA) is 41.3 Å². The van der Waals surface area contributed by atoms with Crippen LogP contribution >= 0.6 is 0 Å².